The van der Waals surface area contributed by atoms with Crippen LogP contribution in [0, 0.1) is 0 Å². The smallest absolute Gasteiger partial charge is 0.261 e. The highest BCUT2D eigenvalue weighted by atomic mass is 35.5. The van der Waals surface area contributed by atoms with Crippen LogP contribution in [0.25, 0.3) is 0 Å². The van der Waals surface area contributed by atoms with Gasteiger partial charge in [0.2, 0.25) is 5.91 Å². The van der Waals surface area contributed by atoms with E-state index in [9.17, 15) is 9.59 Å². The number of nitrogens with zero attached hydrogens (tertiary/aromatic N) is 1. The number of halogens is 1. The first-order valence-electron chi connectivity index (χ1n) is 9.95. The fraction of sp³-hybridized carbons (Fsp3) is 0.391. The normalized spacial score (nSPS) is 12.6. The lowest BCUT2D eigenvalue weighted by atomic mass is 10.1. The Balaban J connectivity index is 2.18. The molecule has 2 atom stereocenters. The van der Waals surface area contributed by atoms with Crippen molar-refractivity contribution in [3.05, 3.63) is 59.1 Å². The summed E-state index contributed by atoms with van der Waals surface area (Å²) in [6.07, 6.45) is 0.803. The quantitative estimate of drug-likeness (QED) is 0.614. The molecule has 0 aliphatic carbocycles. The van der Waals surface area contributed by atoms with Gasteiger partial charge in [-0.2, -0.15) is 0 Å². The van der Waals surface area contributed by atoms with Crippen LogP contribution in [0.1, 0.15) is 32.8 Å². The minimum Gasteiger partial charge on any atom is -0.493 e. The van der Waals surface area contributed by atoms with Gasteiger partial charge < -0.3 is 19.7 Å². The average Bonchev–Trinajstić information content (AvgIpc) is 2.75. The molecule has 1 N–H and O–H groups in total. The first-order chi connectivity index (χ1) is 14.3. The molecule has 0 spiro atoms. The molecule has 2 unspecified atom stereocenters. The summed E-state index contributed by atoms with van der Waals surface area (Å²) in [6.45, 7) is 5.65. The second kappa shape index (κ2) is 11.5. The zero-order valence-electron chi connectivity index (χ0n) is 17.9. The number of amides is 2. The Kier molecular flexibility index (Phi) is 8.99. The first-order valence-corrected chi connectivity index (χ1v) is 10.3. The van der Waals surface area contributed by atoms with Gasteiger partial charge in [-0.15, -0.1) is 0 Å². The van der Waals surface area contributed by atoms with E-state index in [-0.39, 0.29) is 31.0 Å². The van der Waals surface area contributed by atoms with E-state index in [0.717, 1.165) is 12.0 Å². The minimum atomic E-state index is -0.674. The molecule has 0 bridgehead atoms. The summed E-state index contributed by atoms with van der Waals surface area (Å²) in [5.41, 5.74) is 0.830. The van der Waals surface area contributed by atoms with Gasteiger partial charge in [0.1, 0.15) is 6.04 Å². The number of carbonyl (C=O) groups is 2. The van der Waals surface area contributed by atoms with Gasteiger partial charge in [0.25, 0.3) is 5.91 Å². The lowest BCUT2D eigenvalue weighted by Gasteiger charge is -2.29. The van der Waals surface area contributed by atoms with Gasteiger partial charge in [0.05, 0.1) is 7.11 Å². The standard InChI is InChI=1S/C23H29ClN2O4/c1-5-16(2)25-23(28)17(3)26(14-18-9-8-10-19(24)13-18)22(27)15-30-21-12-7-6-11-20(21)29-4/h6-13,16-17H,5,14-15H2,1-4H3,(H,25,28). The van der Waals surface area contributed by atoms with Crippen LogP contribution in [0.15, 0.2) is 48.5 Å². The summed E-state index contributed by atoms with van der Waals surface area (Å²) in [5.74, 6) is 0.478. The highest BCUT2D eigenvalue weighted by Crippen LogP contribution is 2.26. The second-order valence-electron chi connectivity index (χ2n) is 7.08. The lowest BCUT2D eigenvalue weighted by Crippen LogP contribution is -2.50. The number of rotatable bonds is 10. The van der Waals surface area contributed by atoms with Gasteiger partial charge in [0, 0.05) is 17.6 Å². The summed E-state index contributed by atoms with van der Waals surface area (Å²) in [7, 11) is 1.54. The Hall–Kier alpha value is -2.73. The Labute approximate surface area is 183 Å². The zero-order valence-corrected chi connectivity index (χ0v) is 18.6. The van der Waals surface area contributed by atoms with E-state index < -0.39 is 6.04 Å². The number of carbonyl (C=O) groups excluding carboxylic acids is 2. The van der Waals surface area contributed by atoms with Crippen molar-refractivity contribution in [3.8, 4) is 11.5 Å². The van der Waals surface area contributed by atoms with E-state index in [1.54, 1.807) is 37.3 Å². The predicted octanol–water partition coefficient (Wildman–Crippen LogP) is 4.06. The maximum atomic E-state index is 13.1. The molecule has 6 nitrogen and oxygen atoms in total. The molecule has 0 saturated carbocycles. The Bertz CT molecular complexity index is 859. The molecule has 2 amide bonds. The van der Waals surface area contributed by atoms with E-state index in [1.807, 2.05) is 32.0 Å². The van der Waals surface area contributed by atoms with E-state index >= 15 is 0 Å². The third-order valence-corrected chi connectivity index (χ3v) is 5.07. The fourth-order valence-corrected chi connectivity index (χ4v) is 3.05. The first kappa shape index (κ1) is 23.5. The van der Waals surface area contributed by atoms with E-state index in [1.165, 1.54) is 12.0 Å². The molecule has 7 heteroatoms. The number of para-hydroxylation sites is 2. The molecule has 2 aromatic carbocycles. The van der Waals surface area contributed by atoms with Crippen molar-refractivity contribution in [1.82, 2.24) is 10.2 Å². The maximum absolute atomic E-state index is 13.1. The van der Waals surface area contributed by atoms with Gasteiger partial charge in [0.15, 0.2) is 18.1 Å². The average molecular weight is 433 g/mol. The molecule has 0 aliphatic rings. The SMILES string of the molecule is CCC(C)NC(=O)C(C)N(Cc1cccc(Cl)c1)C(=O)COc1ccccc1OC. The second-order valence-corrected chi connectivity index (χ2v) is 7.52. The number of benzene rings is 2. The molecular formula is C23H29ClN2O4. The maximum Gasteiger partial charge on any atom is 0.261 e. The largest absolute Gasteiger partial charge is 0.493 e. The Morgan fingerprint density at radius 1 is 1.10 bits per heavy atom. The van der Waals surface area contributed by atoms with Crippen LogP contribution < -0.4 is 14.8 Å². The molecule has 0 aromatic heterocycles. The van der Waals surface area contributed by atoms with Gasteiger partial charge in [-0.05, 0) is 50.1 Å². The number of nitrogens with one attached hydrogen (secondary N) is 1. The van der Waals surface area contributed by atoms with Gasteiger partial charge >= 0.3 is 0 Å². The van der Waals surface area contributed by atoms with E-state index in [2.05, 4.69) is 5.32 Å². The molecule has 0 aliphatic heterocycles. The van der Waals surface area contributed by atoms with Crippen LogP contribution in [-0.4, -0.2) is 42.5 Å². The van der Waals surface area contributed by atoms with Crippen molar-refractivity contribution in [2.45, 2.75) is 45.8 Å². The third kappa shape index (κ3) is 6.66. The molecule has 162 valence electrons. The van der Waals surface area contributed by atoms with Crippen molar-refractivity contribution in [3.63, 3.8) is 0 Å². The van der Waals surface area contributed by atoms with Crippen LogP contribution in [0.5, 0.6) is 11.5 Å². The Morgan fingerprint density at radius 2 is 1.80 bits per heavy atom. The summed E-state index contributed by atoms with van der Waals surface area (Å²) in [5, 5.41) is 3.51. The molecule has 0 saturated heterocycles. The topological polar surface area (TPSA) is 67.9 Å². The van der Waals surface area contributed by atoms with Crippen LogP contribution >= 0.6 is 11.6 Å². The number of hydrogen-bond donors (Lipinski definition) is 1. The van der Waals surface area contributed by atoms with Crippen LogP contribution in [0.2, 0.25) is 5.02 Å². The van der Waals surface area contributed by atoms with Crippen molar-refractivity contribution in [2.75, 3.05) is 13.7 Å². The highest BCUT2D eigenvalue weighted by Gasteiger charge is 2.27. The zero-order chi connectivity index (χ0) is 22.1. The van der Waals surface area contributed by atoms with Crippen molar-refractivity contribution < 1.29 is 19.1 Å². The Morgan fingerprint density at radius 3 is 2.43 bits per heavy atom. The van der Waals surface area contributed by atoms with Crippen LogP contribution in [0.4, 0.5) is 0 Å². The minimum absolute atomic E-state index is 0.0212. The molecule has 2 rings (SSSR count). The summed E-state index contributed by atoms with van der Waals surface area (Å²) in [6, 6.07) is 13.7. The van der Waals surface area contributed by atoms with Crippen molar-refractivity contribution >= 4 is 23.4 Å². The van der Waals surface area contributed by atoms with Crippen molar-refractivity contribution in [2.24, 2.45) is 0 Å². The highest BCUT2D eigenvalue weighted by molar-refractivity contribution is 6.30. The molecule has 0 fully saturated rings. The number of ether oxygens (including phenoxy) is 2. The number of hydrogen-bond acceptors (Lipinski definition) is 4. The van der Waals surface area contributed by atoms with Crippen molar-refractivity contribution in [1.29, 1.82) is 0 Å². The summed E-state index contributed by atoms with van der Waals surface area (Å²) >= 11 is 6.09. The molecule has 2 aromatic rings. The molecule has 0 heterocycles. The molecule has 30 heavy (non-hydrogen) atoms. The summed E-state index contributed by atoms with van der Waals surface area (Å²) < 4.78 is 11.0. The van der Waals surface area contributed by atoms with E-state index in [0.29, 0.717) is 16.5 Å². The third-order valence-electron chi connectivity index (χ3n) is 4.83. The number of methoxy groups -OCH3 is 1. The molecule has 0 radical (unpaired) electrons. The van der Waals surface area contributed by atoms with Gasteiger partial charge in [-0.3, -0.25) is 9.59 Å². The van der Waals surface area contributed by atoms with Gasteiger partial charge in [-0.25, -0.2) is 0 Å². The lowest BCUT2D eigenvalue weighted by molar-refractivity contribution is -0.142. The van der Waals surface area contributed by atoms with E-state index in [4.69, 9.17) is 21.1 Å². The van der Waals surface area contributed by atoms with Gasteiger partial charge in [-0.1, -0.05) is 42.8 Å². The fourth-order valence-electron chi connectivity index (χ4n) is 2.84. The summed E-state index contributed by atoms with van der Waals surface area (Å²) in [4.78, 5) is 27.3. The predicted molar refractivity (Wildman–Crippen MR) is 118 cm³/mol. The monoisotopic (exact) mass is 432 g/mol. The van der Waals surface area contributed by atoms with Crippen LogP contribution in [0.3, 0.4) is 0 Å². The molecular weight excluding hydrogens is 404 g/mol. The van der Waals surface area contributed by atoms with Crippen LogP contribution in [-0.2, 0) is 16.1 Å².